The van der Waals surface area contributed by atoms with Crippen LogP contribution in [0.25, 0.3) is 5.70 Å². The van der Waals surface area contributed by atoms with Crippen molar-refractivity contribution in [3.63, 3.8) is 0 Å². The van der Waals surface area contributed by atoms with E-state index in [0.29, 0.717) is 5.92 Å². The number of rotatable bonds is 4. The molecule has 0 spiro atoms. The van der Waals surface area contributed by atoms with E-state index in [1.54, 1.807) is 0 Å². The van der Waals surface area contributed by atoms with Crippen molar-refractivity contribution in [3.05, 3.63) is 54.2 Å². The first-order valence-electron chi connectivity index (χ1n) is 5.69. The van der Waals surface area contributed by atoms with Gasteiger partial charge in [0, 0.05) is 18.3 Å². The van der Waals surface area contributed by atoms with E-state index >= 15 is 0 Å². The monoisotopic (exact) mass is 215 g/mol. The van der Waals surface area contributed by atoms with Gasteiger partial charge in [-0.2, -0.15) is 0 Å². The summed E-state index contributed by atoms with van der Waals surface area (Å²) < 4.78 is 0. The van der Waals surface area contributed by atoms with Crippen LogP contribution in [0.2, 0.25) is 0 Å². The van der Waals surface area contributed by atoms with E-state index in [2.05, 4.69) is 62.6 Å². The van der Waals surface area contributed by atoms with Crippen molar-refractivity contribution in [2.75, 3.05) is 7.05 Å². The summed E-state index contributed by atoms with van der Waals surface area (Å²) in [5, 5.41) is 0. The molecule has 1 aromatic carbocycles. The maximum Gasteiger partial charge on any atom is 0.0441 e. The zero-order valence-corrected chi connectivity index (χ0v) is 10.7. The quantitative estimate of drug-likeness (QED) is 0.732. The van der Waals surface area contributed by atoms with Gasteiger partial charge in [-0.1, -0.05) is 50.8 Å². The van der Waals surface area contributed by atoms with Gasteiger partial charge in [-0.25, -0.2) is 0 Å². The highest BCUT2D eigenvalue weighted by molar-refractivity contribution is 5.67. The first kappa shape index (κ1) is 12.6. The summed E-state index contributed by atoms with van der Waals surface area (Å²) >= 11 is 0. The predicted molar refractivity (Wildman–Crippen MR) is 72.0 cm³/mol. The molecule has 0 unspecified atom stereocenters. The van der Waals surface area contributed by atoms with Crippen molar-refractivity contribution < 1.29 is 0 Å². The Labute approximate surface area is 99.1 Å². The molecule has 0 N–H and O–H groups in total. The first-order chi connectivity index (χ1) is 7.56. The number of nitrogens with zero attached hydrogens (tertiary/aromatic N) is 1. The van der Waals surface area contributed by atoms with Crippen LogP contribution in [0.15, 0.2) is 43.1 Å². The van der Waals surface area contributed by atoms with Crippen molar-refractivity contribution in [2.45, 2.75) is 20.8 Å². The lowest BCUT2D eigenvalue weighted by atomic mass is 10.0. The first-order valence-corrected chi connectivity index (χ1v) is 5.69. The van der Waals surface area contributed by atoms with Crippen LogP contribution in [-0.2, 0) is 0 Å². The molecule has 86 valence electrons. The highest BCUT2D eigenvalue weighted by atomic mass is 15.1. The molecule has 1 nitrogen and oxygen atoms in total. The molecule has 1 rings (SSSR count). The number of benzene rings is 1. The minimum atomic E-state index is 0.525. The van der Waals surface area contributed by atoms with Crippen LogP contribution in [0, 0.1) is 12.8 Å². The van der Waals surface area contributed by atoms with E-state index in [9.17, 15) is 0 Å². The van der Waals surface area contributed by atoms with Gasteiger partial charge in [-0.05, 0) is 24.6 Å². The highest BCUT2D eigenvalue weighted by Gasteiger charge is 2.08. The van der Waals surface area contributed by atoms with E-state index in [4.69, 9.17) is 0 Å². The topological polar surface area (TPSA) is 3.24 Å². The number of hydrogen-bond donors (Lipinski definition) is 0. The van der Waals surface area contributed by atoms with Crippen molar-refractivity contribution in [1.29, 1.82) is 0 Å². The molecule has 0 aliphatic heterocycles. The van der Waals surface area contributed by atoms with E-state index in [-0.39, 0.29) is 0 Å². The van der Waals surface area contributed by atoms with Crippen LogP contribution in [0.4, 0.5) is 0 Å². The molecule has 1 aromatic rings. The Kier molecular flexibility index (Phi) is 4.36. The predicted octanol–water partition coefficient (Wildman–Crippen LogP) is 4.07. The van der Waals surface area contributed by atoms with Crippen LogP contribution in [0.3, 0.4) is 0 Å². The standard InChI is InChI=1S/C15H21N/c1-6-16(5)15(11-12(2)3)14-10-8-7-9-13(14)4/h6-12H,1H2,2-5H3/b15-11-. The van der Waals surface area contributed by atoms with Crippen LogP contribution in [0.1, 0.15) is 25.0 Å². The molecular weight excluding hydrogens is 194 g/mol. The van der Waals surface area contributed by atoms with Gasteiger partial charge in [0.25, 0.3) is 0 Å². The molecule has 0 bridgehead atoms. The zero-order valence-electron chi connectivity index (χ0n) is 10.7. The minimum Gasteiger partial charge on any atom is -0.351 e. The summed E-state index contributed by atoms with van der Waals surface area (Å²) in [5.41, 5.74) is 3.80. The fourth-order valence-electron chi connectivity index (χ4n) is 1.67. The molecule has 0 saturated heterocycles. The number of hydrogen-bond acceptors (Lipinski definition) is 1. The van der Waals surface area contributed by atoms with Crippen molar-refractivity contribution in [1.82, 2.24) is 4.90 Å². The average Bonchev–Trinajstić information content (AvgIpc) is 2.26. The molecule has 1 heteroatoms. The maximum absolute atomic E-state index is 3.83. The molecule has 0 aromatic heterocycles. The SMILES string of the molecule is C=CN(C)/C(=C\C(C)C)c1ccccc1C. The minimum absolute atomic E-state index is 0.525. The molecule has 0 aliphatic carbocycles. The van der Waals surface area contributed by atoms with Crippen molar-refractivity contribution >= 4 is 5.70 Å². The van der Waals surface area contributed by atoms with E-state index in [1.165, 1.54) is 16.8 Å². The van der Waals surface area contributed by atoms with E-state index in [1.807, 2.05) is 13.2 Å². The Balaban J connectivity index is 3.22. The lowest BCUT2D eigenvalue weighted by Crippen LogP contribution is -2.10. The van der Waals surface area contributed by atoms with Crippen molar-refractivity contribution in [3.8, 4) is 0 Å². The third-order valence-corrected chi connectivity index (χ3v) is 2.57. The Morgan fingerprint density at radius 3 is 2.44 bits per heavy atom. The Hall–Kier alpha value is -1.50. The lowest BCUT2D eigenvalue weighted by molar-refractivity contribution is 0.646. The average molecular weight is 215 g/mol. The molecule has 0 amide bonds. The number of allylic oxidation sites excluding steroid dienone is 1. The zero-order chi connectivity index (χ0) is 12.1. The third kappa shape index (κ3) is 2.99. The van der Waals surface area contributed by atoms with Crippen LogP contribution >= 0.6 is 0 Å². The second-order valence-corrected chi connectivity index (χ2v) is 4.40. The van der Waals surface area contributed by atoms with Gasteiger partial charge < -0.3 is 4.90 Å². The van der Waals surface area contributed by atoms with Crippen LogP contribution in [0.5, 0.6) is 0 Å². The summed E-state index contributed by atoms with van der Waals surface area (Å²) in [6.45, 7) is 10.3. The Morgan fingerprint density at radius 1 is 1.31 bits per heavy atom. The molecule has 0 aliphatic rings. The summed E-state index contributed by atoms with van der Waals surface area (Å²) in [7, 11) is 2.04. The lowest BCUT2D eigenvalue weighted by Gasteiger charge is -2.21. The molecule has 0 heterocycles. The normalized spacial score (nSPS) is 11.7. The van der Waals surface area contributed by atoms with Gasteiger partial charge in [0.1, 0.15) is 0 Å². The molecular formula is C15H21N. The van der Waals surface area contributed by atoms with Gasteiger partial charge in [0.2, 0.25) is 0 Å². The van der Waals surface area contributed by atoms with Crippen LogP contribution in [-0.4, -0.2) is 11.9 Å². The summed E-state index contributed by atoms with van der Waals surface area (Å²) in [6, 6.07) is 8.44. The Morgan fingerprint density at radius 2 is 1.94 bits per heavy atom. The smallest absolute Gasteiger partial charge is 0.0441 e. The van der Waals surface area contributed by atoms with Gasteiger partial charge in [-0.15, -0.1) is 0 Å². The Bertz CT molecular complexity index is 388. The van der Waals surface area contributed by atoms with E-state index in [0.717, 1.165) is 0 Å². The second kappa shape index (κ2) is 5.55. The van der Waals surface area contributed by atoms with Gasteiger partial charge in [-0.3, -0.25) is 0 Å². The van der Waals surface area contributed by atoms with Crippen molar-refractivity contribution in [2.24, 2.45) is 5.92 Å². The largest absolute Gasteiger partial charge is 0.351 e. The molecule has 0 saturated carbocycles. The summed E-state index contributed by atoms with van der Waals surface area (Å²) in [4.78, 5) is 2.07. The molecule has 0 radical (unpaired) electrons. The number of aryl methyl sites for hydroxylation is 1. The fraction of sp³-hybridized carbons (Fsp3) is 0.333. The third-order valence-electron chi connectivity index (χ3n) is 2.57. The summed E-state index contributed by atoms with van der Waals surface area (Å²) in [6.07, 6.45) is 4.12. The second-order valence-electron chi connectivity index (χ2n) is 4.40. The molecule has 0 fully saturated rings. The molecule has 16 heavy (non-hydrogen) atoms. The van der Waals surface area contributed by atoms with Crippen LogP contribution < -0.4 is 0 Å². The van der Waals surface area contributed by atoms with E-state index < -0.39 is 0 Å². The fourth-order valence-corrected chi connectivity index (χ4v) is 1.67. The molecule has 0 atom stereocenters. The summed E-state index contributed by atoms with van der Waals surface area (Å²) in [5.74, 6) is 0.525. The maximum atomic E-state index is 3.83. The van der Waals surface area contributed by atoms with Gasteiger partial charge >= 0.3 is 0 Å². The highest BCUT2D eigenvalue weighted by Crippen LogP contribution is 2.23. The van der Waals surface area contributed by atoms with Gasteiger partial charge in [0.15, 0.2) is 0 Å². The van der Waals surface area contributed by atoms with Gasteiger partial charge in [0.05, 0.1) is 0 Å².